The van der Waals surface area contributed by atoms with Crippen molar-refractivity contribution >= 4 is 17.0 Å². The Morgan fingerprint density at radius 3 is 3.07 bits per heavy atom. The average molecular weight is 206 g/mol. The zero-order chi connectivity index (χ0) is 9.80. The molecule has 2 rings (SSSR count). The lowest BCUT2D eigenvalue weighted by Gasteiger charge is -2.04. The summed E-state index contributed by atoms with van der Waals surface area (Å²) in [7, 11) is 0. The van der Waals surface area contributed by atoms with Gasteiger partial charge >= 0.3 is 0 Å². The zero-order valence-corrected chi connectivity index (χ0v) is 8.33. The van der Waals surface area contributed by atoms with E-state index in [1.54, 1.807) is 29.1 Å². The fourth-order valence-corrected chi connectivity index (χ4v) is 1.58. The van der Waals surface area contributed by atoms with E-state index in [0.29, 0.717) is 12.3 Å². The summed E-state index contributed by atoms with van der Waals surface area (Å²) in [6.45, 7) is 0.550. The molecular formula is C10H10N2OS. The molecule has 0 spiro atoms. The van der Waals surface area contributed by atoms with Gasteiger partial charge in [-0.05, 0) is 12.1 Å². The summed E-state index contributed by atoms with van der Waals surface area (Å²) in [5.74, 6) is 0.790. The molecule has 0 atom stereocenters. The van der Waals surface area contributed by atoms with Crippen molar-refractivity contribution in [2.24, 2.45) is 0 Å². The second-order valence-electron chi connectivity index (χ2n) is 2.83. The van der Waals surface area contributed by atoms with Crippen LogP contribution in [0.5, 0.6) is 5.75 Å². The Balaban J connectivity index is 1.98. The predicted molar refractivity (Wildman–Crippen MR) is 57.3 cm³/mol. The molecule has 1 aromatic carbocycles. The van der Waals surface area contributed by atoms with Crippen molar-refractivity contribution in [3.63, 3.8) is 0 Å². The molecule has 0 unspecified atom stereocenters. The number of nitrogens with two attached hydrogens (primary N) is 1. The van der Waals surface area contributed by atoms with Crippen LogP contribution < -0.4 is 10.5 Å². The Morgan fingerprint density at radius 1 is 1.43 bits per heavy atom. The lowest BCUT2D eigenvalue weighted by molar-refractivity contribution is 0.310. The number of benzene rings is 1. The molecule has 14 heavy (non-hydrogen) atoms. The molecule has 2 N–H and O–H groups in total. The van der Waals surface area contributed by atoms with Gasteiger partial charge in [-0.15, -0.1) is 11.3 Å². The number of hydrogen-bond acceptors (Lipinski definition) is 4. The van der Waals surface area contributed by atoms with Crippen LogP contribution in [0.15, 0.2) is 36.0 Å². The van der Waals surface area contributed by atoms with E-state index in [0.717, 1.165) is 10.6 Å². The number of aromatic nitrogens is 1. The summed E-state index contributed by atoms with van der Waals surface area (Å²) in [6, 6.07) is 7.40. The minimum absolute atomic E-state index is 0.550. The first-order valence-electron chi connectivity index (χ1n) is 4.20. The average Bonchev–Trinajstić information content (AvgIpc) is 2.67. The van der Waals surface area contributed by atoms with Crippen LogP contribution >= 0.6 is 11.3 Å². The fourth-order valence-electron chi connectivity index (χ4n) is 1.07. The second-order valence-corrected chi connectivity index (χ2v) is 3.80. The number of anilines is 1. The number of nitrogen functional groups attached to an aromatic ring is 1. The highest BCUT2D eigenvalue weighted by atomic mass is 32.1. The standard InChI is InChI=1S/C10H10N2OS/c11-8-2-1-3-9(4-8)13-6-10-5-12-7-14-10/h1-5,7H,6,11H2. The second kappa shape index (κ2) is 4.11. The molecule has 0 aliphatic carbocycles. The number of nitrogens with zero attached hydrogens (tertiary/aromatic N) is 1. The molecule has 2 aromatic rings. The summed E-state index contributed by atoms with van der Waals surface area (Å²) in [5, 5.41) is 0. The van der Waals surface area contributed by atoms with Gasteiger partial charge in [0.2, 0.25) is 0 Å². The predicted octanol–water partition coefficient (Wildman–Crippen LogP) is 2.30. The molecule has 1 heterocycles. The van der Waals surface area contributed by atoms with Crippen molar-refractivity contribution in [2.45, 2.75) is 6.61 Å². The molecular weight excluding hydrogens is 196 g/mol. The monoisotopic (exact) mass is 206 g/mol. The van der Waals surface area contributed by atoms with E-state index in [-0.39, 0.29) is 0 Å². The van der Waals surface area contributed by atoms with Crippen molar-refractivity contribution in [3.8, 4) is 5.75 Å². The van der Waals surface area contributed by atoms with E-state index in [2.05, 4.69) is 4.98 Å². The van der Waals surface area contributed by atoms with Crippen LogP contribution in [0.3, 0.4) is 0 Å². The van der Waals surface area contributed by atoms with Gasteiger partial charge in [-0.1, -0.05) is 6.07 Å². The fraction of sp³-hybridized carbons (Fsp3) is 0.100. The van der Waals surface area contributed by atoms with Crippen LogP contribution in [0, 0.1) is 0 Å². The molecule has 0 saturated carbocycles. The van der Waals surface area contributed by atoms with E-state index < -0.39 is 0 Å². The van der Waals surface area contributed by atoms with Crippen molar-refractivity contribution in [1.29, 1.82) is 0 Å². The molecule has 0 amide bonds. The van der Waals surface area contributed by atoms with Gasteiger partial charge in [-0.25, -0.2) is 0 Å². The molecule has 72 valence electrons. The van der Waals surface area contributed by atoms with Crippen LogP contribution in [0.1, 0.15) is 4.88 Å². The molecule has 0 bridgehead atoms. The first kappa shape index (κ1) is 9.02. The molecule has 0 fully saturated rings. The lowest BCUT2D eigenvalue weighted by Crippen LogP contribution is -1.93. The Labute approximate surface area is 86.2 Å². The van der Waals surface area contributed by atoms with Gasteiger partial charge in [-0.3, -0.25) is 4.98 Å². The zero-order valence-electron chi connectivity index (χ0n) is 7.51. The summed E-state index contributed by atoms with van der Waals surface area (Å²) < 4.78 is 5.52. The van der Waals surface area contributed by atoms with E-state index >= 15 is 0 Å². The maximum Gasteiger partial charge on any atom is 0.124 e. The van der Waals surface area contributed by atoms with Crippen LogP contribution in [-0.4, -0.2) is 4.98 Å². The van der Waals surface area contributed by atoms with Crippen molar-refractivity contribution < 1.29 is 4.74 Å². The van der Waals surface area contributed by atoms with Crippen molar-refractivity contribution in [1.82, 2.24) is 4.98 Å². The molecule has 0 saturated heterocycles. The molecule has 4 heteroatoms. The third-order valence-corrected chi connectivity index (χ3v) is 2.48. The highest BCUT2D eigenvalue weighted by molar-refractivity contribution is 7.09. The van der Waals surface area contributed by atoms with Crippen molar-refractivity contribution in [2.75, 3.05) is 5.73 Å². The number of hydrogen-bond donors (Lipinski definition) is 1. The molecule has 0 aliphatic heterocycles. The third kappa shape index (κ3) is 2.23. The van der Waals surface area contributed by atoms with Gasteiger partial charge in [0.05, 0.1) is 10.4 Å². The number of thiazole rings is 1. The van der Waals surface area contributed by atoms with Crippen LogP contribution in [0.25, 0.3) is 0 Å². The highest BCUT2D eigenvalue weighted by Crippen LogP contribution is 2.16. The Bertz CT molecular complexity index is 400. The Kier molecular flexibility index (Phi) is 2.65. The van der Waals surface area contributed by atoms with E-state index in [4.69, 9.17) is 10.5 Å². The first-order valence-corrected chi connectivity index (χ1v) is 5.08. The summed E-state index contributed by atoms with van der Waals surface area (Å²) >= 11 is 1.58. The summed E-state index contributed by atoms with van der Waals surface area (Å²) in [4.78, 5) is 5.07. The normalized spacial score (nSPS) is 10.0. The van der Waals surface area contributed by atoms with Gasteiger partial charge in [0, 0.05) is 18.0 Å². The molecule has 0 radical (unpaired) electrons. The summed E-state index contributed by atoms with van der Waals surface area (Å²) in [6.07, 6.45) is 1.80. The maximum atomic E-state index is 5.62. The van der Waals surface area contributed by atoms with Crippen LogP contribution in [-0.2, 0) is 6.61 Å². The summed E-state index contributed by atoms with van der Waals surface area (Å²) in [5.41, 5.74) is 8.12. The van der Waals surface area contributed by atoms with Gasteiger partial charge in [-0.2, -0.15) is 0 Å². The number of ether oxygens (including phenoxy) is 1. The van der Waals surface area contributed by atoms with E-state index in [9.17, 15) is 0 Å². The molecule has 3 nitrogen and oxygen atoms in total. The van der Waals surface area contributed by atoms with Crippen LogP contribution in [0.2, 0.25) is 0 Å². The van der Waals surface area contributed by atoms with Gasteiger partial charge in [0.1, 0.15) is 12.4 Å². The smallest absolute Gasteiger partial charge is 0.124 e. The van der Waals surface area contributed by atoms with Gasteiger partial charge in [0.15, 0.2) is 0 Å². The van der Waals surface area contributed by atoms with Gasteiger partial charge in [0.25, 0.3) is 0 Å². The highest BCUT2D eigenvalue weighted by Gasteiger charge is 1.97. The maximum absolute atomic E-state index is 5.62. The van der Waals surface area contributed by atoms with E-state index in [1.807, 2.05) is 18.2 Å². The Morgan fingerprint density at radius 2 is 2.36 bits per heavy atom. The SMILES string of the molecule is Nc1cccc(OCc2cncs2)c1. The molecule has 0 aliphatic rings. The molecule has 1 aromatic heterocycles. The topological polar surface area (TPSA) is 48.1 Å². The minimum atomic E-state index is 0.550. The van der Waals surface area contributed by atoms with Crippen LogP contribution in [0.4, 0.5) is 5.69 Å². The first-order chi connectivity index (χ1) is 6.84. The quantitative estimate of drug-likeness (QED) is 0.784. The minimum Gasteiger partial charge on any atom is -0.488 e. The Hall–Kier alpha value is -1.55. The van der Waals surface area contributed by atoms with Crippen molar-refractivity contribution in [3.05, 3.63) is 40.8 Å². The lowest BCUT2D eigenvalue weighted by atomic mass is 10.3. The van der Waals surface area contributed by atoms with Gasteiger partial charge < -0.3 is 10.5 Å². The van der Waals surface area contributed by atoms with E-state index in [1.165, 1.54) is 0 Å². The largest absolute Gasteiger partial charge is 0.488 e. The number of rotatable bonds is 3. The third-order valence-electron chi connectivity index (χ3n) is 1.72.